The Morgan fingerprint density at radius 2 is 1.65 bits per heavy atom. The average molecular weight is 535 g/mol. The fraction of sp³-hybridized carbons (Fsp3) is 0.0800. The Balaban J connectivity index is 1.79. The fourth-order valence-corrected chi connectivity index (χ4v) is 5.56. The number of aryl methyl sites for hydroxylation is 2. The first-order chi connectivity index (χ1) is 16.4. The van der Waals surface area contributed by atoms with Crippen LogP contribution < -0.4 is 11.0 Å². The van der Waals surface area contributed by atoms with Crippen molar-refractivity contribution in [2.24, 2.45) is 0 Å². The Labute approximate surface area is 203 Å². The average Bonchev–Trinajstić information content (AvgIpc) is 2.84. The van der Waals surface area contributed by atoms with E-state index in [1.165, 1.54) is 27.2 Å². The zero-order valence-corrected chi connectivity index (χ0v) is 20.3. The molecule has 0 unspecified atom stereocenters. The number of rotatable bonds is 5. The molecule has 7 nitrogen and oxygen atoms in total. The summed E-state index contributed by atoms with van der Waals surface area (Å²) in [6, 6.07) is 22.4. The summed E-state index contributed by atoms with van der Waals surface area (Å²) in [6.07, 6.45) is 2.14. The highest BCUT2D eigenvalue weighted by atomic mass is 79.9. The number of nitrogens with one attached hydrogen (secondary N) is 1. The third kappa shape index (κ3) is 3.86. The number of fused-ring (bicyclic) bond motifs is 2. The van der Waals surface area contributed by atoms with Gasteiger partial charge in [-0.05, 0) is 54.4 Å². The lowest BCUT2D eigenvalue weighted by Gasteiger charge is -2.15. The number of nitrogens with zero attached hydrogens (tertiary/aromatic N) is 3. The highest BCUT2D eigenvalue weighted by Crippen LogP contribution is 2.22. The van der Waals surface area contributed by atoms with Crippen molar-refractivity contribution in [1.29, 1.82) is 5.41 Å². The lowest BCUT2D eigenvalue weighted by atomic mass is 10.1. The third-order valence-electron chi connectivity index (χ3n) is 5.66. The molecular formula is C25H19BrN4O3S. The van der Waals surface area contributed by atoms with Crippen LogP contribution in [0, 0.1) is 5.41 Å². The Morgan fingerprint density at radius 1 is 0.941 bits per heavy atom. The Morgan fingerprint density at radius 3 is 2.38 bits per heavy atom. The summed E-state index contributed by atoms with van der Waals surface area (Å²) < 4.78 is 30.7. The molecule has 0 aliphatic rings. The summed E-state index contributed by atoms with van der Waals surface area (Å²) in [5.74, 6) is 0. The van der Waals surface area contributed by atoms with Crippen LogP contribution in [0.25, 0.3) is 16.7 Å². The Hall–Kier alpha value is -3.56. The van der Waals surface area contributed by atoms with Crippen molar-refractivity contribution < 1.29 is 8.42 Å². The van der Waals surface area contributed by atoms with E-state index in [2.05, 4.69) is 20.9 Å². The van der Waals surface area contributed by atoms with Gasteiger partial charge in [0.25, 0.3) is 5.56 Å². The quantitative estimate of drug-likeness (QED) is 0.345. The topological polar surface area (TPSA) is 97.3 Å². The van der Waals surface area contributed by atoms with E-state index in [-0.39, 0.29) is 31.9 Å². The summed E-state index contributed by atoms with van der Waals surface area (Å²) in [5, 5.41) is 8.99. The molecular weight excluding hydrogens is 516 g/mol. The number of aromatic nitrogens is 3. The van der Waals surface area contributed by atoms with Gasteiger partial charge in [-0.1, -0.05) is 52.3 Å². The minimum Gasteiger partial charge on any atom is -0.309 e. The number of benzene rings is 2. The van der Waals surface area contributed by atoms with Crippen LogP contribution in [0.4, 0.5) is 0 Å². The van der Waals surface area contributed by atoms with Crippen LogP contribution in [0.15, 0.2) is 104 Å². The molecule has 1 N–H and O–H groups in total. The van der Waals surface area contributed by atoms with Crippen molar-refractivity contribution in [3.8, 4) is 0 Å². The summed E-state index contributed by atoms with van der Waals surface area (Å²) >= 11 is 3.31. The Bertz CT molecular complexity index is 1760. The van der Waals surface area contributed by atoms with Gasteiger partial charge in [0.2, 0.25) is 9.84 Å². The molecule has 0 atom stereocenters. The molecule has 0 bridgehead atoms. The van der Waals surface area contributed by atoms with Gasteiger partial charge in [0.05, 0.1) is 10.3 Å². The molecule has 5 rings (SSSR count). The largest absolute Gasteiger partial charge is 0.309 e. The van der Waals surface area contributed by atoms with Gasteiger partial charge in [0, 0.05) is 17.2 Å². The zero-order valence-electron chi connectivity index (χ0n) is 17.8. The molecule has 5 aromatic rings. The van der Waals surface area contributed by atoms with Gasteiger partial charge in [0.15, 0.2) is 0 Å². The highest BCUT2D eigenvalue weighted by Gasteiger charge is 2.24. The molecule has 3 heterocycles. The monoisotopic (exact) mass is 534 g/mol. The number of pyridine rings is 2. The maximum Gasteiger partial charge on any atom is 0.267 e. The molecule has 3 aromatic heterocycles. The number of halogens is 1. The van der Waals surface area contributed by atoms with Gasteiger partial charge in [-0.2, -0.15) is 0 Å². The fourth-order valence-electron chi connectivity index (χ4n) is 3.91. The van der Waals surface area contributed by atoms with E-state index in [1.54, 1.807) is 36.5 Å². The van der Waals surface area contributed by atoms with Gasteiger partial charge < -0.3 is 4.57 Å². The Kier molecular flexibility index (Phi) is 5.66. The lowest BCUT2D eigenvalue weighted by molar-refractivity contribution is 0.588. The molecule has 0 aliphatic heterocycles. The van der Waals surface area contributed by atoms with Crippen molar-refractivity contribution in [1.82, 2.24) is 14.0 Å². The van der Waals surface area contributed by atoms with Crippen molar-refractivity contribution >= 4 is 42.4 Å². The second-order valence-electron chi connectivity index (χ2n) is 7.78. The lowest BCUT2D eigenvalue weighted by Crippen LogP contribution is -2.30. The van der Waals surface area contributed by atoms with E-state index >= 15 is 0 Å². The molecule has 0 amide bonds. The number of hydrogen-bond acceptors (Lipinski definition) is 5. The second-order valence-corrected chi connectivity index (χ2v) is 10.6. The molecule has 0 spiro atoms. The van der Waals surface area contributed by atoms with Gasteiger partial charge >= 0.3 is 0 Å². The van der Waals surface area contributed by atoms with Crippen LogP contribution in [0.2, 0.25) is 0 Å². The first-order valence-corrected chi connectivity index (χ1v) is 12.8. The van der Waals surface area contributed by atoms with Crippen molar-refractivity contribution in [2.75, 3.05) is 0 Å². The third-order valence-corrected chi connectivity index (χ3v) is 7.98. The van der Waals surface area contributed by atoms with Crippen molar-refractivity contribution in [3.63, 3.8) is 0 Å². The van der Waals surface area contributed by atoms with Crippen molar-refractivity contribution in [3.05, 3.63) is 111 Å². The predicted octanol–water partition coefficient (Wildman–Crippen LogP) is 3.97. The minimum atomic E-state index is -4.06. The van der Waals surface area contributed by atoms with Gasteiger partial charge in [-0.3, -0.25) is 14.6 Å². The summed E-state index contributed by atoms with van der Waals surface area (Å²) in [4.78, 5) is 17.8. The standard InChI is InChI=1S/C25H19BrN4O3S/c26-18-9-11-19(12-10-18)34(32,33)21-16-20-24(28-22-8-4-5-14-29(22)25(20)31)30(23(21)27)15-13-17-6-2-1-3-7-17/h1-12,14,16,27H,13,15H2. The maximum atomic E-state index is 13.5. The van der Waals surface area contributed by atoms with E-state index < -0.39 is 9.84 Å². The maximum absolute atomic E-state index is 13.5. The van der Waals surface area contributed by atoms with Gasteiger partial charge in [-0.15, -0.1) is 0 Å². The van der Waals surface area contributed by atoms with Crippen LogP contribution in [0.5, 0.6) is 0 Å². The van der Waals surface area contributed by atoms with E-state index in [9.17, 15) is 13.2 Å². The van der Waals surface area contributed by atoms with Gasteiger partial charge in [-0.25, -0.2) is 13.4 Å². The molecule has 0 saturated heterocycles. The zero-order chi connectivity index (χ0) is 23.9. The molecule has 0 fully saturated rings. The second kappa shape index (κ2) is 8.66. The molecule has 170 valence electrons. The van der Waals surface area contributed by atoms with E-state index in [1.807, 2.05) is 30.3 Å². The number of hydrogen-bond donors (Lipinski definition) is 1. The van der Waals surface area contributed by atoms with Crippen LogP contribution in [-0.2, 0) is 22.8 Å². The van der Waals surface area contributed by atoms with E-state index in [0.717, 1.165) is 10.0 Å². The molecule has 0 aliphatic carbocycles. The molecule has 34 heavy (non-hydrogen) atoms. The molecule has 9 heteroatoms. The van der Waals surface area contributed by atoms with Crippen LogP contribution >= 0.6 is 15.9 Å². The summed E-state index contributed by atoms with van der Waals surface area (Å²) in [7, 11) is -4.06. The molecule has 2 aromatic carbocycles. The van der Waals surface area contributed by atoms with Crippen LogP contribution in [0.3, 0.4) is 0 Å². The number of sulfone groups is 1. The smallest absolute Gasteiger partial charge is 0.267 e. The molecule has 0 saturated carbocycles. The van der Waals surface area contributed by atoms with E-state index in [0.29, 0.717) is 18.6 Å². The normalized spacial score (nSPS) is 11.8. The SMILES string of the molecule is N=c1c(S(=O)(=O)c2ccc(Br)cc2)cc2c(=O)n3ccccc3nc2n1CCc1ccccc1. The summed E-state index contributed by atoms with van der Waals surface area (Å²) in [6.45, 7) is 0.290. The predicted molar refractivity (Wildman–Crippen MR) is 133 cm³/mol. The van der Waals surface area contributed by atoms with Crippen LogP contribution in [-0.4, -0.2) is 22.4 Å². The first-order valence-electron chi connectivity index (χ1n) is 10.5. The van der Waals surface area contributed by atoms with Gasteiger partial charge in [0.1, 0.15) is 21.7 Å². The molecule has 0 radical (unpaired) electrons. The van der Waals surface area contributed by atoms with E-state index in [4.69, 9.17) is 5.41 Å². The highest BCUT2D eigenvalue weighted by molar-refractivity contribution is 9.10. The van der Waals surface area contributed by atoms with Crippen LogP contribution in [0.1, 0.15) is 5.56 Å². The van der Waals surface area contributed by atoms with Crippen molar-refractivity contribution in [2.45, 2.75) is 22.8 Å². The minimum absolute atomic E-state index is 0.0482. The first kappa shape index (κ1) is 22.2. The summed E-state index contributed by atoms with van der Waals surface area (Å²) in [5.41, 5.74) is 1.14.